The summed E-state index contributed by atoms with van der Waals surface area (Å²) in [5.41, 5.74) is 7.03. The molecule has 2 aliphatic heterocycles. The number of nitrogens with zero attached hydrogens (tertiary/aromatic N) is 4. The number of para-hydroxylation sites is 1. The van der Waals surface area contributed by atoms with Crippen LogP contribution in [0, 0.1) is 0 Å². The van der Waals surface area contributed by atoms with E-state index in [4.69, 9.17) is 5.73 Å². The van der Waals surface area contributed by atoms with Crippen LogP contribution in [-0.4, -0.2) is 70.9 Å². The van der Waals surface area contributed by atoms with Crippen molar-refractivity contribution in [2.45, 2.75) is 18.9 Å². The molecule has 8 nitrogen and oxygen atoms in total. The maximum Gasteiger partial charge on any atom is 0.270 e. The fourth-order valence-electron chi connectivity index (χ4n) is 4.37. The van der Waals surface area contributed by atoms with Gasteiger partial charge in [-0.3, -0.25) is 19.3 Å². The second-order valence-corrected chi connectivity index (χ2v) is 7.90. The van der Waals surface area contributed by atoms with Crippen LogP contribution >= 0.6 is 0 Å². The monoisotopic (exact) mass is 409 g/mol. The molecule has 1 atom stereocenters. The molecular formula is C22H27N5O3. The second-order valence-electron chi connectivity index (χ2n) is 7.90. The Bertz CT molecular complexity index is 947. The van der Waals surface area contributed by atoms with Crippen LogP contribution in [0.5, 0.6) is 0 Å². The molecule has 2 N–H and O–H groups in total. The highest BCUT2D eigenvalue weighted by atomic mass is 16.2. The summed E-state index contributed by atoms with van der Waals surface area (Å²) >= 11 is 0. The molecule has 2 aliphatic rings. The van der Waals surface area contributed by atoms with E-state index in [0.29, 0.717) is 37.4 Å². The van der Waals surface area contributed by atoms with Gasteiger partial charge in [-0.2, -0.15) is 0 Å². The van der Waals surface area contributed by atoms with Crippen LogP contribution in [0.1, 0.15) is 33.7 Å². The minimum atomic E-state index is -0.548. The molecule has 0 saturated carbocycles. The molecule has 1 aromatic carbocycles. The lowest BCUT2D eigenvalue weighted by atomic mass is 10.0. The number of hydrogen-bond donors (Lipinski definition) is 1. The van der Waals surface area contributed by atoms with Crippen molar-refractivity contribution in [3.63, 3.8) is 0 Å². The van der Waals surface area contributed by atoms with Gasteiger partial charge in [-0.1, -0.05) is 18.2 Å². The number of carbonyl (C=O) groups excluding carboxylic acids is 3. The normalized spacial score (nSPS) is 20.4. The van der Waals surface area contributed by atoms with Crippen molar-refractivity contribution in [1.29, 1.82) is 0 Å². The van der Waals surface area contributed by atoms with Crippen LogP contribution in [0.25, 0.3) is 0 Å². The molecule has 0 bridgehead atoms. The number of piperidine rings is 1. The molecule has 3 amide bonds. The van der Waals surface area contributed by atoms with Crippen molar-refractivity contribution >= 4 is 23.4 Å². The van der Waals surface area contributed by atoms with Gasteiger partial charge in [0.1, 0.15) is 5.69 Å². The molecule has 0 radical (unpaired) electrons. The summed E-state index contributed by atoms with van der Waals surface area (Å²) in [7, 11) is 1.73. The van der Waals surface area contributed by atoms with Crippen LogP contribution in [0.15, 0.2) is 42.6 Å². The molecule has 2 fully saturated rings. The largest absolute Gasteiger partial charge is 0.366 e. The van der Waals surface area contributed by atoms with Gasteiger partial charge >= 0.3 is 0 Å². The highest BCUT2D eigenvalue weighted by molar-refractivity contribution is 5.99. The van der Waals surface area contributed by atoms with E-state index in [9.17, 15) is 14.4 Å². The molecule has 4 rings (SSSR count). The van der Waals surface area contributed by atoms with Gasteiger partial charge in [0.2, 0.25) is 11.8 Å². The number of amides is 3. The molecular weight excluding hydrogens is 382 g/mol. The maximum absolute atomic E-state index is 13.1. The van der Waals surface area contributed by atoms with Crippen LogP contribution in [0.3, 0.4) is 0 Å². The van der Waals surface area contributed by atoms with E-state index in [1.54, 1.807) is 28.8 Å². The molecule has 158 valence electrons. The van der Waals surface area contributed by atoms with Crippen molar-refractivity contribution in [1.82, 2.24) is 14.4 Å². The molecule has 3 heterocycles. The average molecular weight is 409 g/mol. The Morgan fingerprint density at radius 3 is 2.37 bits per heavy atom. The van der Waals surface area contributed by atoms with E-state index in [1.165, 1.54) is 0 Å². The topological polar surface area (TPSA) is 91.9 Å². The van der Waals surface area contributed by atoms with Crippen LogP contribution < -0.4 is 10.6 Å². The third-order valence-electron chi connectivity index (χ3n) is 6.03. The summed E-state index contributed by atoms with van der Waals surface area (Å²) in [6.45, 7) is 3.14. The zero-order valence-corrected chi connectivity index (χ0v) is 17.2. The number of piperazine rings is 1. The SMILES string of the molecule is Cn1cc(C(N)=O)cc1C(=O)N1CCN([C@@H]2CCCN(c3ccccc3)C2=O)CC1. The van der Waals surface area contributed by atoms with Gasteiger partial charge in [-0.15, -0.1) is 0 Å². The quantitative estimate of drug-likeness (QED) is 0.818. The van der Waals surface area contributed by atoms with Crippen molar-refractivity contribution in [2.24, 2.45) is 12.8 Å². The number of hydrogen-bond acceptors (Lipinski definition) is 4. The van der Waals surface area contributed by atoms with Gasteiger partial charge in [-0.25, -0.2) is 0 Å². The molecule has 0 aliphatic carbocycles. The first-order valence-electron chi connectivity index (χ1n) is 10.3. The molecule has 1 aromatic heterocycles. The minimum Gasteiger partial charge on any atom is -0.366 e. The van der Waals surface area contributed by atoms with Gasteiger partial charge in [-0.05, 0) is 31.0 Å². The zero-order valence-electron chi connectivity index (χ0n) is 17.2. The average Bonchev–Trinajstić information content (AvgIpc) is 3.16. The van der Waals surface area contributed by atoms with Crippen LogP contribution in [0.4, 0.5) is 5.69 Å². The lowest BCUT2D eigenvalue weighted by Gasteiger charge is -2.42. The lowest BCUT2D eigenvalue weighted by Crippen LogP contribution is -2.58. The Labute approximate surface area is 175 Å². The Morgan fingerprint density at radius 2 is 1.73 bits per heavy atom. The minimum absolute atomic E-state index is 0.120. The maximum atomic E-state index is 13.1. The molecule has 2 aromatic rings. The summed E-state index contributed by atoms with van der Waals surface area (Å²) in [4.78, 5) is 43.3. The predicted octanol–water partition coefficient (Wildman–Crippen LogP) is 1.08. The number of benzene rings is 1. The third-order valence-corrected chi connectivity index (χ3v) is 6.03. The fourth-order valence-corrected chi connectivity index (χ4v) is 4.37. The third kappa shape index (κ3) is 3.82. The van der Waals surface area contributed by atoms with Gasteiger partial charge in [0.15, 0.2) is 0 Å². The molecule has 30 heavy (non-hydrogen) atoms. The van der Waals surface area contributed by atoms with Gasteiger partial charge in [0.25, 0.3) is 5.91 Å². The second kappa shape index (κ2) is 8.31. The number of carbonyl (C=O) groups is 3. The number of anilines is 1. The van der Waals surface area contributed by atoms with Crippen molar-refractivity contribution < 1.29 is 14.4 Å². The Kier molecular flexibility index (Phi) is 5.59. The number of rotatable bonds is 4. The number of primary amides is 1. The summed E-state index contributed by atoms with van der Waals surface area (Å²) in [5.74, 6) is -0.528. The van der Waals surface area contributed by atoms with Crippen molar-refractivity contribution in [3.8, 4) is 0 Å². The lowest BCUT2D eigenvalue weighted by molar-refractivity contribution is -0.126. The fraction of sp³-hybridized carbons (Fsp3) is 0.409. The van der Waals surface area contributed by atoms with Crippen LogP contribution in [-0.2, 0) is 11.8 Å². The summed E-state index contributed by atoms with van der Waals surface area (Å²) in [6, 6.07) is 11.2. The molecule has 0 unspecified atom stereocenters. The highest BCUT2D eigenvalue weighted by Gasteiger charge is 2.36. The molecule has 2 saturated heterocycles. The molecule has 8 heteroatoms. The van der Waals surface area contributed by atoms with E-state index in [1.807, 2.05) is 35.2 Å². The number of aromatic nitrogens is 1. The Hall–Kier alpha value is -3.13. The first-order valence-corrected chi connectivity index (χ1v) is 10.3. The number of aryl methyl sites for hydroxylation is 1. The Morgan fingerprint density at radius 1 is 1.03 bits per heavy atom. The van der Waals surface area contributed by atoms with E-state index >= 15 is 0 Å². The summed E-state index contributed by atoms with van der Waals surface area (Å²) in [5, 5.41) is 0. The van der Waals surface area contributed by atoms with E-state index < -0.39 is 5.91 Å². The van der Waals surface area contributed by atoms with Crippen molar-refractivity contribution in [3.05, 3.63) is 53.9 Å². The van der Waals surface area contributed by atoms with E-state index in [2.05, 4.69) is 4.90 Å². The molecule has 0 spiro atoms. The van der Waals surface area contributed by atoms with E-state index in [0.717, 1.165) is 25.1 Å². The van der Waals surface area contributed by atoms with Crippen LogP contribution in [0.2, 0.25) is 0 Å². The summed E-state index contributed by atoms with van der Waals surface area (Å²) < 4.78 is 1.64. The summed E-state index contributed by atoms with van der Waals surface area (Å²) in [6.07, 6.45) is 3.38. The highest BCUT2D eigenvalue weighted by Crippen LogP contribution is 2.24. The van der Waals surface area contributed by atoms with E-state index in [-0.39, 0.29) is 17.9 Å². The van der Waals surface area contributed by atoms with Gasteiger partial charge in [0.05, 0.1) is 11.6 Å². The standard InChI is InChI=1S/C22H27N5O3/c1-24-15-16(20(23)28)14-19(24)21(29)26-12-10-25(11-13-26)18-8-5-9-27(22(18)30)17-6-3-2-4-7-17/h2-4,6-7,14-15,18H,5,8-13H2,1H3,(H2,23,28)/t18-/m1/s1. The Balaban J connectivity index is 1.40. The number of nitrogens with two attached hydrogens (primary N) is 1. The zero-order chi connectivity index (χ0) is 21.3. The predicted molar refractivity (Wildman–Crippen MR) is 113 cm³/mol. The van der Waals surface area contributed by atoms with Gasteiger partial charge < -0.3 is 20.1 Å². The first kappa shape index (κ1) is 20.2. The first-order chi connectivity index (χ1) is 14.5. The van der Waals surface area contributed by atoms with Crippen molar-refractivity contribution in [2.75, 3.05) is 37.6 Å². The van der Waals surface area contributed by atoms with Gasteiger partial charge in [0, 0.05) is 51.7 Å². The smallest absolute Gasteiger partial charge is 0.270 e.